The van der Waals surface area contributed by atoms with E-state index in [-0.39, 0.29) is 11.8 Å². The van der Waals surface area contributed by atoms with Crippen LogP contribution in [0.4, 0.5) is 10.5 Å². The maximum absolute atomic E-state index is 12.4. The number of pyridine rings is 1. The average molecular weight is 338 g/mol. The lowest BCUT2D eigenvalue weighted by Gasteiger charge is -2.34. The number of aromatic nitrogens is 1. The fourth-order valence-electron chi connectivity index (χ4n) is 2.85. The van der Waals surface area contributed by atoms with Crippen LogP contribution in [0.1, 0.15) is 22.8 Å². The Balaban J connectivity index is 1.49. The highest BCUT2D eigenvalue weighted by atomic mass is 16.2. The second kappa shape index (κ2) is 7.90. The number of carbonyl (C=O) groups excluding carboxylic acids is 2. The highest BCUT2D eigenvalue weighted by Crippen LogP contribution is 2.13. The van der Waals surface area contributed by atoms with Crippen molar-refractivity contribution in [3.63, 3.8) is 0 Å². The SMILES string of the molecule is CC(=O)c1ccc(NC(=O)N2CCN(Cc3ccncc3)CC2)cc1. The number of amides is 2. The predicted molar refractivity (Wildman–Crippen MR) is 96.6 cm³/mol. The zero-order valence-corrected chi connectivity index (χ0v) is 14.3. The Bertz CT molecular complexity index is 723. The van der Waals surface area contributed by atoms with Crippen LogP contribution in [0.15, 0.2) is 48.8 Å². The van der Waals surface area contributed by atoms with Crippen LogP contribution in [-0.2, 0) is 6.54 Å². The normalized spacial score (nSPS) is 15.0. The summed E-state index contributed by atoms with van der Waals surface area (Å²) < 4.78 is 0. The Morgan fingerprint density at radius 3 is 2.24 bits per heavy atom. The summed E-state index contributed by atoms with van der Waals surface area (Å²) in [7, 11) is 0. The van der Waals surface area contributed by atoms with E-state index in [0.29, 0.717) is 24.3 Å². The van der Waals surface area contributed by atoms with Gasteiger partial charge < -0.3 is 10.2 Å². The van der Waals surface area contributed by atoms with Gasteiger partial charge in [-0.3, -0.25) is 14.7 Å². The number of hydrogen-bond donors (Lipinski definition) is 1. The van der Waals surface area contributed by atoms with Gasteiger partial charge in [0.1, 0.15) is 0 Å². The molecule has 6 nitrogen and oxygen atoms in total. The van der Waals surface area contributed by atoms with Crippen molar-refractivity contribution in [3.05, 3.63) is 59.9 Å². The van der Waals surface area contributed by atoms with Crippen molar-refractivity contribution < 1.29 is 9.59 Å². The first-order valence-electron chi connectivity index (χ1n) is 8.40. The second-order valence-electron chi connectivity index (χ2n) is 6.18. The number of anilines is 1. The highest BCUT2D eigenvalue weighted by Gasteiger charge is 2.21. The van der Waals surface area contributed by atoms with Gasteiger partial charge in [0, 0.05) is 56.4 Å². The van der Waals surface area contributed by atoms with Gasteiger partial charge in [0.2, 0.25) is 0 Å². The van der Waals surface area contributed by atoms with Gasteiger partial charge in [-0.2, -0.15) is 0 Å². The molecule has 1 N–H and O–H groups in total. The number of urea groups is 1. The van der Waals surface area contributed by atoms with E-state index in [1.807, 2.05) is 17.0 Å². The van der Waals surface area contributed by atoms with Crippen molar-refractivity contribution in [1.82, 2.24) is 14.8 Å². The third-order valence-electron chi connectivity index (χ3n) is 4.36. The van der Waals surface area contributed by atoms with E-state index in [4.69, 9.17) is 0 Å². The van der Waals surface area contributed by atoms with Crippen LogP contribution < -0.4 is 5.32 Å². The summed E-state index contributed by atoms with van der Waals surface area (Å²) >= 11 is 0. The molecule has 1 aliphatic heterocycles. The molecule has 1 aromatic carbocycles. The molecule has 0 aliphatic carbocycles. The molecule has 1 aliphatic rings. The largest absolute Gasteiger partial charge is 0.322 e. The lowest BCUT2D eigenvalue weighted by molar-refractivity contribution is 0.101. The van der Waals surface area contributed by atoms with E-state index in [9.17, 15) is 9.59 Å². The Labute approximate surface area is 147 Å². The monoisotopic (exact) mass is 338 g/mol. The first kappa shape index (κ1) is 17.1. The Hall–Kier alpha value is -2.73. The fraction of sp³-hybridized carbons (Fsp3) is 0.316. The van der Waals surface area contributed by atoms with Crippen LogP contribution in [0.2, 0.25) is 0 Å². The van der Waals surface area contributed by atoms with Crippen molar-refractivity contribution in [2.45, 2.75) is 13.5 Å². The van der Waals surface area contributed by atoms with E-state index in [2.05, 4.69) is 15.2 Å². The molecule has 2 aromatic rings. The third-order valence-corrected chi connectivity index (χ3v) is 4.36. The fourth-order valence-corrected chi connectivity index (χ4v) is 2.85. The Kier molecular flexibility index (Phi) is 5.40. The molecular formula is C19H22N4O2. The molecule has 0 radical (unpaired) electrons. The maximum Gasteiger partial charge on any atom is 0.321 e. The standard InChI is InChI=1S/C19H22N4O2/c1-15(24)17-2-4-18(5-3-17)21-19(25)23-12-10-22(11-13-23)14-16-6-8-20-9-7-16/h2-9H,10-14H2,1H3,(H,21,25). The first-order valence-corrected chi connectivity index (χ1v) is 8.40. The minimum Gasteiger partial charge on any atom is -0.322 e. The second-order valence-corrected chi connectivity index (χ2v) is 6.18. The van der Waals surface area contributed by atoms with Gasteiger partial charge in [-0.05, 0) is 48.9 Å². The van der Waals surface area contributed by atoms with E-state index in [1.165, 1.54) is 12.5 Å². The molecule has 25 heavy (non-hydrogen) atoms. The molecule has 1 saturated heterocycles. The number of nitrogens with zero attached hydrogens (tertiary/aromatic N) is 3. The molecule has 2 amide bonds. The lowest BCUT2D eigenvalue weighted by Crippen LogP contribution is -2.49. The molecule has 0 saturated carbocycles. The van der Waals surface area contributed by atoms with Gasteiger partial charge in [0.25, 0.3) is 0 Å². The van der Waals surface area contributed by atoms with Crippen molar-refractivity contribution >= 4 is 17.5 Å². The molecule has 0 bridgehead atoms. The summed E-state index contributed by atoms with van der Waals surface area (Å²) in [6.45, 7) is 5.49. The van der Waals surface area contributed by atoms with Crippen molar-refractivity contribution in [2.24, 2.45) is 0 Å². The van der Waals surface area contributed by atoms with Crippen LogP contribution >= 0.6 is 0 Å². The Morgan fingerprint density at radius 1 is 1.00 bits per heavy atom. The van der Waals surface area contributed by atoms with Crippen molar-refractivity contribution in [2.75, 3.05) is 31.5 Å². The van der Waals surface area contributed by atoms with Gasteiger partial charge in [0.15, 0.2) is 5.78 Å². The predicted octanol–water partition coefficient (Wildman–Crippen LogP) is 2.63. The Morgan fingerprint density at radius 2 is 1.64 bits per heavy atom. The number of rotatable bonds is 4. The quantitative estimate of drug-likeness (QED) is 0.871. The molecule has 6 heteroatoms. The van der Waals surface area contributed by atoms with E-state index in [0.717, 1.165) is 19.6 Å². The molecule has 1 fully saturated rings. The molecule has 0 unspecified atom stereocenters. The zero-order chi connectivity index (χ0) is 17.6. The van der Waals surface area contributed by atoms with Crippen LogP contribution in [0.25, 0.3) is 0 Å². The van der Waals surface area contributed by atoms with Gasteiger partial charge in [-0.15, -0.1) is 0 Å². The molecule has 0 atom stereocenters. The maximum atomic E-state index is 12.4. The summed E-state index contributed by atoms with van der Waals surface area (Å²) in [5, 5.41) is 2.89. The van der Waals surface area contributed by atoms with Crippen molar-refractivity contribution in [3.8, 4) is 0 Å². The van der Waals surface area contributed by atoms with Crippen molar-refractivity contribution in [1.29, 1.82) is 0 Å². The molecular weight excluding hydrogens is 316 g/mol. The number of carbonyl (C=O) groups is 2. The number of hydrogen-bond acceptors (Lipinski definition) is 4. The molecule has 130 valence electrons. The van der Waals surface area contributed by atoms with Crippen LogP contribution in [-0.4, -0.2) is 52.8 Å². The first-order chi connectivity index (χ1) is 12.1. The van der Waals surface area contributed by atoms with Gasteiger partial charge >= 0.3 is 6.03 Å². The molecule has 2 heterocycles. The number of benzene rings is 1. The van der Waals surface area contributed by atoms with Crippen LogP contribution in [0.5, 0.6) is 0 Å². The minimum absolute atomic E-state index is 0.0168. The van der Waals surface area contributed by atoms with Crippen LogP contribution in [0.3, 0.4) is 0 Å². The zero-order valence-electron chi connectivity index (χ0n) is 14.3. The summed E-state index contributed by atoms with van der Waals surface area (Å²) in [4.78, 5) is 31.8. The summed E-state index contributed by atoms with van der Waals surface area (Å²) in [6, 6.07) is 10.9. The number of piperazine rings is 1. The summed E-state index contributed by atoms with van der Waals surface area (Å²) in [5.41, 5.74) is 2.58. The molecule has 1 aromatic heterocycles. The van der Waals surface area contributed by atoms with E-state index in [1.54, 1.807) is 36.7 Å². The molecule has 3 rings (SSSR count). The van der Waals surface area contributed by atoms with E-state index >= 15 is 0 Å². The average Bonchev–Trinajstić information content (AvgIpc) is 2.63. The summed E-state index contributed by atoms with van der Waals surface area (Å²) in [6.07, 6.45) is 3.60. The smallest absolute Gasteiger partial charge is 0.321 e. The van der Waals surface area contributed by atoms with Gasteiger partial charge in [-0.25, -0.2) is 4.79 Å². The highest BCUT2D eigenvalue weighted by molar-refractivity contribution is 5.95. The third kappa shape index (κ3) is 4.64. The minimum atomic E-state index is -0.0980. The van der Waals surface area contributed by atoms with E-state index < -0.39 is 0 Å². The van der Waals surface area contributed by atoms with Gasteiger partial charge in [0.05, 0.1) is 0 Å². The number of ketones is 1. The van der Waals surface area contributed by atoms with Gasteiger partial charge in [-0.1, -0.05) is 0 Å². The number of nitrogens with one attached hydrogen (secondary N) is 1. The summed E-state index contributed by atoms with van der Waals surface area (Å²) in [5.74, 6) is 0.0168. The number of Topliss-reactive ketones (excluding diaryl/α,β-unsaturated/α-hetero) is 1. The molecule has 0 spiro atoms. The topological polar surface area (TPSA) is 65.5 Å². The lowest BCUT2D eigenvalue weighted by atomic mass is 10.1. The van der Waals surface area contributed by atoms with Crippen LogP contribution in [0, 0.1) is 0 Å².